The number of aryl methyl sites for hydroxylation is 1. The molecule has 1 aliphatic rings. The maximum Gasteiger partial charge on any atom is 0.210 e. The molecule has 1 fully saturated rings. The molecule has 0 aliphatic carbocycles. The van der Waals surface area contributed by atoms with Crippen LogP contribution in [0.25, 0.3) is 10.9 Å². The third kappa shape index (κ3) is 3.86. The Labute approximate surface area is 177 Å². The third-order valence-corrected chi connectivity index (χ3v) is 7.76. The van der Waals surface area contributed by atoms with E-state index in [0.29, 0.717) is 10.9 Å². The number of fused-ring (bicyclic) bond motifs is 1. The minimum absolute atomic E-state index is 0.199. The lowest BCUT2D eigenvalue weighted by atomic mass is 9.98. The average molecular weight is 429 g/mol. The van der Waals surface area contributed by atoms with E-state index < -0.39 is 9.84 Å². The van der Waals surface area contributed by atoms with Gasteiger partial charge < -0.3 is 4.90 Å². The number of piperidine rings is 1. The van der Waals surface area contributed by atoms with Crippen LogP contribution in [0, 0.1) is 5.92 Å². The van der Waals surface area contributed by atoms with Crippen LogP contribution in [-0.2, 0) is 16.3 Å². The van der Waals surface area contributed by atoms with E-state index in [2.05, 4.69) is 35.9 Å². The molecule has 4 nitrogen and oxygen atoms in total. The van der Waals surface area contributed by atoms with Crippen molar-refractivity contribution in [2.75, 3.05) is 18.0 Å². The molecule has 0 spiro atoms. The number of anilines is 1. The van der Waals surface area contributed by atoms with E-state index in [-0.39, 0.29) is 9.79 Å². The van der Waals surface area contributed by atoms with Crippen molar-refractivity contribution in [3.63, 3.8) is 0 Å². The Balaban J connectivity index is 1.97. The van der Waals surface area contributed by atoms with Crippen molar-refractivity contribution in [1.29, 1.82) is 0 Å². The number of benzene rings is 2. The summed E-state index contributed by atoms with van der Waals surface area (Å²) < 4.78 is 27.2. The highest BCUT2D eigenvalue weighted by molar-refractivity contribution is 7.91. The Morgan fingerprint density at radius 1 is 1.14 bits per heavy atom. The van der Waals surface area contributed by atoms with Crippen LogP contribution >= 0.6 is 11.6 Å². The van der Waals surface area contributed by atoms with Gasteiger partial charge in [-0.25, -0.2) is 8.42 Å². The predicted molar refractivity (Wildman–Crippen MR) is 119 cm³/mol. The predicted octanol–water partition coefficient (Wildman–Crippen LogP) is 5.52. The van der Waals surface area contributed by atoms with E-state index in [0.717, 1.165) is 48.9 Å². The molecular weight excluding hydrogens is 404 g/mol. The van der Waals surface area contributed by atoms with E-state index in [1.807, 2.05) is 6.07 Å². The summed E-state index contributed by atoms with van der Waals surface area (Å²) in [4.78, 5) is 7.18. The van der Waals surface area contributed by atoms with Crippen molar-refractivity contribution in [1.82, 2.24) is 4.98 Å². The van der Waals surface area contributed by atoms with Gasteiger partial charge in [0.15, 0.2) is 0 Å². The molecule has 0 bridgehead atoms. The smallest absolute Gasteiger partial charge is 0.210 e. The van der Waals surface area contributed by atoms with Gasteiger partial charge in [-0.2, -0.15) is 0 Å². The molecule has 0 radical (unpaired) electrons. The quantitative estimate of drug-likeness (QED) is 0.549. The minimum atomic E-state index is -3.75. The molecule has 2 heterocycles. The average Bonchev–Trinajstić information content (AvgIpc) is 2.73. The summed E-state index contributed by atoms with van der Waals surface area (Å²) in [5.41, 5.74) is 2.77. The zero-order valence-corrected chi connectivity index (χ0v) is 18.3. The molecule has 1 aliphatic heterocycles. The molecule has 1 aromatic heterocycles. The Hall–Kier alpha value is -2.11. The fourth-order valence-electron chi connectivity index (χ4n) is 3.94. The molecule has 0 amide bonds. The Bertz CT molecular complexity index is 1150. The normalized spacial score (nSPS) is 15.8. The lowest BCUT2D eigenvalue weighted by Gasteiger charge is -2.34. The van der Waals surface area contributed by atoms with Crippen molar-refractivity contribution >= 4 is 38.0 Å². The summed E-state index contributed by atoms with van der Waals surface area (Å²) in [6.07, 6.45) is 4.50. The van der Waals surface area contributed by atoms with Crippen LogP contribution in [0.4, 0.5) is 5.69 Å². The van der Waals surface area contributed by atoms with Gasteiger partial charge in [0.2, 0.25) is 9.84 Å². The van der Waals surface area contributed by atoms with Gasteiger partial charge in [-0.15, -0.1) is 0 Å². The van der Waals surface area contributed by atoms with Gasteiger partial charge in [0.05, 0.1) is 16.1 Å². The summed E-state index contributed by atoms with van der Waals surface area (Å²) in [6.45, 7) is 6.04. The summed E-state index contributed by atoms with van der Waals surface area (Å²) in [5.74, 6) is 0.651. The van der Waals surface area contributed by atoms with Crippen molar-refractivity contribution in [3.05, 3.63) is 59.2 Å². The second-order valence-corrected chi connectivity index (χ2v) is 10.2. The van der Waals surface area contributed by atoms with Crippen LogP contribution in [0.2, 0.25) is 5.02 Å². The van der Waals surface area contributed by atoms with Crippen molar-refractivity contribution in [2.24, 2.45) is 5.92 Å². The first-order valence-electron chi connectivity index (χ1n) is 10.1. The first kappa shape index (κ1) is 20.2. The van der Waals surface area contributed by atoms with Crippen LogP contribution in [0.3, 0.4) is 0 Å². The topological polar surface area (TPSA) is 50.3 Å². The fourth-order valence-corrected chi connectivity index (χ4v) is 5.68. The highest BCUT2D eigenvalue weighted by Crippen LogP contribution is 2.38. The number of halogens is 1. The molecule has 152 valence electrons. The molecule has 0 unspecified atom stereocenters. The third-order valence-electron chi connectivity index (χ3n) is 5.77. The molecule has 6 heteroatoms. The number of pyridine rings is 1. The van der Waals surface area contributed by atoms with Crippen molar-refractivity contribution in [2.45, 2.75) is 42.9 Å². The maximum atomic E-state index is 13.6. The SMILES string of the molecule is CCc1ccc2ncc(S(=O)(=O)c3cccc(Cl)c3)c(N3CCC(C)CC3)c2c1. The second-order valence-electron chi connectivity index (χ2n) is 7.81. The zero-order chi connectivity index (χ0) is 20.6. The van der Waals surface area contributed by atoms with Gasteiger partial charge in [-0.1, -0.05) is 37.6 Å². The minimum Gasteiger partial charge on any atom is -0.370 e. The number of hydrogen-bond acceptors (Lipinski definition) is 4. The van der Waals surface area contributed by atoms with Crippen molar-refractivity contribution < 1.29 is 8.42 Å². The first-order chi connectivity index (χ1) is 13.9. The van der Waals surface area contributed by atoms with E-state index in [9.17, 15) is 8.42 Å². The number of rotatable bonds is 4. The fraction of sp³-hybridized carbons (Fsp3) is 0.348. The molecule has 0 saturated carbocycles. The van der Waals surface area contributed by atoms with Crippen LogP contribution in [0.1, 0.15) is 32.3 Å². The van der Waals surface area contributed by atoms with Gasteiger partial charge in [0, 0.05) is 29.7 Å². The summed E-state index contributed by atoms with van der Waals surface area (Å²) >= 11 is 6.09. The number of hydrogen-bond donors (Lipinski definition) is 0. The Morgan fingerprint density at radius 2 is 1.90 bits per heavy atom. The van der Waals surface area contributed by atoms with Gasteiger partial charge in [-0.3, -0.25) is 4.98 Å². The van der Waals surface area contributed by atoms with Crippen LogP contribution < -0.4 is 4.90 Å². The monoisotopic (exact) mass is 428 g/mol. The van der Waals surface area contributed by atoms with Crippen LogP contribution in [0.5, 0.6) is 0 Å². The van der Waals surface area contributed by atoms with Gasteiger partial charge >= 0.3 is 0 Å². The van der Waals surface area contributed by atoms with E-state index in [1.54, 1.807) is 18.2 Å². The van der Waals surface area contributed by atoms with E-state index in [1.165, 1.54) is 17.8 Å². The second kappa shape index (κ2) is 7.96. The van der Waals surface area contributed by atoms with Gasteiger partial charge in [0.25, 0.3) is 0 Å². The zero-order valence-electron chi connectivity index (χ0n) is 16.7. The lowest BCUT2D eigenvalue weighted by Crippen LogP contribution is -2.34. The molecule has 1 saturated heterocycles. The lowest BCUT2D eigenvalue weighted by molar-refractivity contribution is 0.437. The number of nitrogens with zero attached hydrogens (tertiary/aromatic N) is 2. The largest absolute Gasteiger partial charge is 0.370 e. The number of sulfone groups is 1. The molecule has 0 atom stereocenters. The van der Waals surface area contributed by atoms with Crippen molar-refractivity contribution in [3.8, 4) is 0 Å². The Kier molecular flexibility index (Phi) is 5.54. The standard InChI is InChI=1S/C23H25ClN2O2S/c1-3-17-7-8-21-20(13-17)23(26-11-9-16(2)10-12-26)22(15-25-21)29(27,28)19-6-4-5-18(24)14-19/h4-8,13-16H,3,9-12H2,1-2H3. The summed E-state index contributed by atoms with van der Waals surface area (Å²) in [6, 6.07) is 12.6. The van der Waals surface area contributed by atoms with Gasteiger partial charge in [0.1, 0.15) is 4.90 Å². The molecule has 29 heavy (non-hydrogen) atoms. The van der Waals surface area contributed by atoms with E-state index in [4.69, 9.17) is 11.6 Å². The molecule has 0 N–H and O–H groups in total. The highest BCUT2D eigenvalue weighted by atomic mass is 35.5. The number of aromatic nitrogens is 1. The first-order valence-corrected chi connectivity index (χ1v) is 11.9. The Morgan fingerprint density at radius 3 is 2.59 bits per heavy atom. The molecule has 3 aromatic rings. The van der Waals surface area contributed by atoms with Gasteiger partial charge in [-0.05, 0) is 61.1 Å². The molecule has 2 aromatic carbocycles. The van der Waals surface area contributed by atoms with Crippen LogP contribution in [-0.4, -0.2) is 26.5 Å². The van der Waals surface area contributed by atoms with E-state index >= 15 is 0 Å². The summed E-state index contributed by atoms with van der Waals surface area (Å²) in [7, 11) is -3.75. The highest BCUT2D eigenvalue weighted by Gasteiger charge is 2.28. The molecular formula is C23H25ClN2O2S. The molecule has 4 rings (SSSR count). The summed E-state index contributed by atoms with van der Waals surface area (Å²) in [5, 5.41) is 1.31. The maximum absolute atomic E-state index is 13.6. The van der Waals surface area contributed by atoms with Crippen LogP contribution in [0.15, 0.2) is 58.5 Å².